The van der Waals surface area contributed by atoms with E-state index in [4.69, 9.17) is 4.74 Å². The topological polar surface area (TPSA) is 55.0 Å². The second kappa shape index (κ2) is 3.88. The first-order valence-corrected chi connectivity index (χ1v) is 3.45. The lowest BCUT2D eigenvalue weighted by Gasteiger charge is -1.97. The Kier molecular flexibility index (Phi) is 2.80. The molecule has 60 valence electrons. The monoisotopic (exact) mass is 154 g/mol. The van der Waals surface area contributed by atoms with Gasteiger partial charge in [-0.2, -0.15) is 0 Å². The fraction of sp³-hybridized carbons (Fsp3) is 0.429. The van der Waals surface area contributed by atoms with Crippen molar-refractivity contribution in [3.05, 3.63) is 28.4 Å². The number of aromatic amines is 1. The Balaban J connectivity index is 2.64. The number of nitrogens with zero attached hydrogens (tertiary/aromatic N) is 1. The molecule has 1 N–H and O–H groups in total. The first-order chi connectivity index (χ1) is 5.33. The molecule has 0 saturated heterocycles. The van der Waals surface area contributed by atoms with Crippen LogP contribution in [0.4, 0.5) is 0 Å². The average Bonchev–Trinajstić information content (AvgIpc) is 2.01. The number of rotatable bonds is 3. The average molecular weight is 154 g/mol. The molecule has 4 nitrogen and oxygen atoms in total. The molecule has 0 fully saturated rings. The lowest BCUT2D eigenvalue weighted by molar-refractivity contribution is 0.128. The van der Waals surface area contributed by atoms with E-state index in [1.54, 1.807) is 0 Å². The predicted octanol–water partition coefficient (Wildman–Crippen LogP) is 0.306. The molecule has 0 aliphatic rings. The maximum absolute atomic E-state index is 10.7. The number of H-pyrrole nitrogens is 1. The molecule has 4 heteroatoms. The summed E-state index contributed by atoms with van der Waals surface area (Å²) < 4.78 is 5.04. The van der Waals surface area contributed by atoms with Crippen LogP contribution in [0.15, 0.2) is 17.1 Å². The van der Waals surface area contributed by atoms with Crippen molar-refractivity contribution < 1.29 is 4.74 Å². The minimum Gasteiger partial charge on any atom is -0.374 e. The van der Waals surface area contributed by atoms with Gasteiger partial charge in [0.05, 0.1) is 0 Å². The maximum atomic E-state index is 10.7. The van der Waals surface area contributed by atoms with E-state index in [-0.39, 0.29) is 5.56 Å². The molecule has 0 spiro atoms. The van der Waals surface area contributed by atoms with Crippen molar-refractivity contribution >= 4 is 0 Å². The van der Waals surface area contributed by atoms with Crippen LogP contribution in [-0.2, 0) is 11.3 Å². The summed E-state index contributed by atoms with van der Waals surface area (Å²) in [5.41, 5.74) is -0.144. The molecule has 0 atom stereocenters. The highest BCUT2D eigenvalue weighted by Crippen LogP contribution is 1.86. The van der Waals surface area contributed by atoms with E-state index in [2.05, 4.69) is 9.97 Å². The fourth-order valence-electron chi connectivity index (χ4n) is 0.683. The van der Waals surface area contributed by atoms with Gasteiger partial charge in [0, 0.05) is 18.9 Å². The molecule has 1 aromatic heterocycles. The van der Waals surface area contributed by atoms with Gasteiger partial charge in [0.1, 0.15) is 12.4 Å². The van der Waals surface area contributed by atoms with Crippen molar-refractivity contribution in [2.45, 2.75) is 13.5 Å². The number of aromatic nitrogens is 2. The van der Waals surface area contributed by atoms with Crippen LogP contribution in [0.2, 0.25) is 0 Å². The molecule has 0 amide bonds. The van der Waals surface area contributed by atoms with Gasteiger partial charge in [-0.3, -0.25) is 4.79 Å². The van der Waals surface area contributed by atoms with Crippen molar-refractivity contribution in [1.29, 1.82) is 0 Å². The third kappa shape index (κ3) is 2.51. The van der Waals surface area contributed by atoms with Gasteiger partial charge in [-0.05, 0) is 6.92 Å². The summed E-state index contributed by atoms with van der Waals surface area (Å²) in [6, 6.07) is 1.37. The van der Waals surface area contributed by atoms with Gasteiger partial charge in [-0.1, -0.05) is 0 Å². The van der Waals surface area contributed by atoms with E-state index in [9.17, 15) is 4.79 Å². The highest BCUT2D eigenvalue weighted by Gasteiger charge is 1.92. The molecule has 0 unspecified atom stereocenters. The number of hydrogen-bond donors (Lipinski definition) is 1. The zero-order valence-corrected chi connectivity index (χ0v) is 6.33. The standard InChI is InChI=1S/C7H10N2O2/c1-2-11-5-6-8-4-3-7(10)9-6/h3-4H,2,5H2,1H3,(H,8,9,10). The maximum Gasteiger partial charge on any atom is 0.250 e. The molecule has 1 rings (SSSR count). The van der Waals surface area contributed by atoms with E-state index in [1.807, 2.05) is 6.92 Å². The first-order valence-electron chi connectivity index (χ1n) is 3.45. The molecule has 1 heterocycles. The van der Waals surface area contributed by atoms with Crippen molar-refractivity contribution in [2.24, 2.45) is 0 Å². The molecule has 0 aliphatic heterocycles. The van der Waals surface area contributed by atoms with Crippen LogP contribution in [0.1, 0.15) is 12.7 Å². The molecule has 0 radical (unpaired) electrons. The van der Waals surface area contributed by atoms with Gasteiger partial charge in [0.25, 0.3) is 5.56 Å². The highest BCUT2D eigenvalue weighted by atomic mass is 16.5. The Morgan fingerprint density at radius 2 is 2.55 bits per heavy atom. The quantitative estimate of drug-likeness (QED) is 0.681. The van der Waals surface area contributed by atoms with Crippen molar-refractivity contribution in [2.75, 3.05) is 6.61 Å². The minimum atomic E-state index is -0.144. The van der Waals surface area contributed by atoms with Gasteiger partial charge >= 0.3 is 0 Å². The second-order valence-electron chi connectivity index (χ2n) is 2.02. The number of nitrogens with one attached hydrogen (secondary N) is 1. The van der Waals surface area contributed by atoms with Crippen LogP contribution < -0.4 is 5.56 Å². The molecule has 0 aliphatic carbocycles. The Labute approximate surface area is 64.2 Å². The third-order valence-corrected chi connectivity index (χ3v) is 1.17. The molecular formula is C7H10N2O2. The smallest absolute Gasteiger partial charge is 0.250 e. The van der Waals surface area contributed by atoms with Gasteiger partial charge < -0.3 is 9.72 Å². The predicted molar refractivity (Wildman–Crippen MR) is 40.2 cm³/mol. The van der Waals surface area contributed by atoms with E-state index >= 15 is 0 Å². The zero-order chi connectivity index (χ0) is 8.10. The van der Waals surface area contributed by atoms with Crippen LogP contribution in [0.5, 0.6) is 0 Å². The lowest BCUT2D eigenvalue weighted by Crippen LogP contribution is -2.09. The summed E-state index contributed by atoms with van der Waals surface area (Å²) >= 11 is 0. The summed E-state index contributed by atoms with van der Waals surface area (Å²) in [7, 11) is 0. The SMILES string of the molecule is CCOCc1nccc(=O)[nH]1. The van der Waals surface area contributed by atoms with E-state index < -0.39 is 0 Å². The summed E-state index contributed by atoms with van der Waals surface area (Å²) in [5, 5.41) is 0. The minimum absolute atomic E-state index is 0.144. The number of ether oxygens (including phenoxy) is 1. The van der Waals surface area contributed by atoms with Gasteiger partial charge in [-0.25, -0.2) is 4.98 Å². The van der Waals surface area contributed by atoms with Crippen LogP contribution in [0.25, 0.3) is 0 Å². The molecule has 1 aromatic rings. The second-order valence-corrected chi connectivity index (χ2v) is 2.02. The Hall–Kier alpha value is -1.16. The van der Waals surface area contributed by atoms with Crippen LogP contribution in [0.3, 0.4) is 0 Å². The Morgan fingerprint density at radius 3 is 3.18 bits per heavy atom. The van der Waals surface area contributed by atoms with Gasteiger partial charge in [0.2, 0.25) is 0 Å². The van der Waals surface area contributed by atoms with Crippen molar-refractivity contribution in [3.8, 4) is 0 Å². The zero-order valence-electron chi connectivity index (χ0n) is 6.33. The van der Waals surface area contributed by atoms with Crippen LogP contribution in [-0.4, -0.2) is 16.6 Å². The lowest BCUT2D eigenvalue weighted by atomic mass is 10.6. The molecule has 0 bridgehead atoms. The summed E-state index contributed by atoms with van der Waals surface area (Å²) in [6.45, 7) is 2.88. The van der Waals surface area contributed by atoms with Gasteiger partial charge in [-0.15, -0.1) is 0 Å². The number of hydrogen-bond acceptors (Lipinski definition) is 3. The highest BCUT2D eigenvalue weighted by molar-refractivity contribution is 4.87. The van der Waals surface area contributed by atoms with E-state index in [1.165, 1.54) is 12.3 Å². The molecule has 0 saturated carbocycles. The fourth-order valence-corrected chi connectivity index (χ4v) is 0.683. The summed E-state index contributed by atoms with van der Waals surface area (Å²) in [4.78, 5) is 17.1. The normalized spacial score (nSPS) is 9.91. The molecule has 11 heavy (non-hydrogen) atoms. The van der Waals surface area contributed by atoms with Crippen molar-refractivity contribution in [3.63, 3.8) is 0 Å². The van der Waals surface area contributed by atoms with Crippen molar-refractivity contribution in [1.82, 2.24) is 9.97 Å². The van der Waals surface area contributed by atoms with Gasteiger partial charge in [0.15, 0.2) is 0 Å². The first kappa shape index (κ1) is 7.94. The summed E-state index contributed by atoms with van der Waals surface area (Å²) in [6.07, 6.45) is 1.47. The van der Waals surface area contributed by atoms with E-state index in [0.717, 1.165) is 0 Å². The largest absolute Gasteiger partial charge is 0.374 e. The third-order valence-electron chi connectivity index (χ3n) is 1.17. The Morgan fingerprint density at radius 1 is 1.73 bits per heavy atom. The van der Waals surface area contributed by atoms with Crippen LogP contribution in [0, 0.1) is 0 Å². The van der Waals surface area contributed by atoms with E-state index in [0.29, 0.717) is 19.0 Å². The van der Waals surface area contributed by atoms with Crippen LogP contribution >= 0.6 is 0 Å². The molecular weight excluding hydrogens is 144 g/mol. The molecule has 0 aromatic carbocycles. The summed E-state index contributed by atoms with van der Waals surface area (Å²) in [5.74, 6) is 0.569. The Bertz CT molecular complexity index is 269.